The maximum Gasteiger partial charge on any atom is 0.220 e. The fourth-order valence-electron chi connectivity index (χ4n) is 7.56. The van der Waals surface area contributed by atoms with Crippen molar-refractivity contribution < 1.29 is 15.0 Å². The molecule has 4 heteroatoms. The Kier molecular flexibility index (Phi) is 45.8. The van der Waals surface area contributed by atoms with Crippen LogP contribution in [0, 0.1) is 0 Å². The van der Waals surface area contributed by atoms with E-state index in [1.807, 2.05) is 6.08 Å². The van der Waals surface area contributed by atoms with Gasteiger partial charge in [-0.25, -0.2) is 0 Å². The molecule has 0 heterocycles. The van der Waals surface area contributed by atoms with Gasteiger partial charge in [-0.15, -0.1) is 0 Å². The van der Waals surface area contributed by atoms with Gasteiger partial charge in [-0.2, -0.15) is 0 Å². The van der Waals surface area contributed by atoms with Crippen molar-refractivity contribution in [3.05, 3.63) is 36.5 Å². The van der Waals surface area contributed by atoms with Gasteiger partial charge >= 0.3 is 0 Å². The molecule has 4 nitrogen and oxygen atoms in total. The van der Waals surface area contributed by atoms with Gasteiger partial charge in [0.05, 0.1) is 18.8 Å². The molecule has 0 aromatic carbocycles. The fraction of sp³-hybridized carbons (Fsp3) is 0.863. The van der Waals surface area contributed by atoms with E-state index < -0.39 is 12.1 Å². The molecule has 0 aliphatic rings. The number of hydrogen-bond donors (Lipinski definition) is 3. The average Bonchev–Trinajstić information content (AvgIpc) is 3.19. The van der Waals surface area contributed by atoms with Gasteiger partial charge in [0, 0.05) is 6.42 Å². The molecule has 0 aliphatic carbocycles. The van der Waals surface area contributed by atoms with Gasteiger partial charge < -0.3 is 15.5 Å². The first-order chi connectivity index (χ1) is 27.2. The summed E-state index contributed by atoms with van der Waals surface area (Å²) in [7, 11) is 0. The molecule has 0 bridgehead atoms. The molecule has 0 aromatic heterocycles. The van der Waals surface area contributed by atoms with Gasteiger partial charge in [-0.1, -0.05) is 249 Å². The van der Waals surface area contributed by atoms with Crippen LogP contribution in [-0.2, 0) is 4.79 Å². The maximum absolute atomic E-state index is 12.4. The zero-order chi connectivity index (χ0) is 40.0. The molecular formula is C51H97NO3. The van der Waals surface area contributed by atoms with Crippen LogP contribution in [0.5, 0.6) is 0 Å². The number of unbranched alkanes of at least 4 members (excludes halogenated alkanes) is 34. The molecular weight excluding hydrogens is 675 g/mol. The molecule has 0 rings (SSSR count). The monoisotopic (exact) mass is 772 g/mol. The number of carbonyl (C=O) groups excluding carboxylic acids is 1. The van der Waals surface area contributed by atoms with Crippen LogP contribution in [0.3, 0.4) is 0 Å². The lowest BCUT2D eigenvalue weighted by Crippen LogP contribution is -2.45. The predicted octanol–water partition coefficient (Wildman–Crippen LogP) is 15.7. The Balaban J connectivity index is 3.47. The molecule has 1 amide bonds. The first kappa shape index (κ1) is 53.6. The summed E-state index contributed by atoms with van der Waals surface area (Å²) in [5.41, 5.74) is 0. The SMILES string of the molecule is CCCCCC/C=C/CC/C=C/CC/C=C/C(O)C(CO)NC(=O)CCCCCCCCCCCCCCCCCCCCCCCCCCCCCCC. The van der Waals surface area contributed by atoms with Crippen molar-refractivity contribution in [3.8, 4) is 0 Å². The van der Waals surface area contributed by atoms with Crippen LogP contribution in [0.2, 0.25) is 0 Å². The third kappa shape index (κ3) is 43.6. The summed E-state index contributed by atoms with van der Waals surface area (Å²) in [6.07, 6.45) is 62.9. The first-order valence-corrected chi connectivity index (χ1v) is 24.7. The molecule has 324 valence electrons. The van der Waals surface area contributed by atoms with Crippen LogP contribution in [0.4, 0.5) is 0 Å². The second-order valence-corrected chi connectivity index (χ2v) is 16.9. The molecule has 2 unspecified atom stereocenters. The van der Waals surface area contributed by atoms with E-state index in [-0.39, 0.29) is 12.5 Å². The summed E-state index contributed by atoms with van der Waals surface area (Å²) >= 11 is 0. The van der Waals surface area contributed by atoms with Crippen LogP contribution in [0.25, 0.3) is 0 Å². The topological polar surface area (TPSA) is 69.6 Å². The van der Waals surface area contributed by atoms with Crippen molar-refractivity contribution in [2.45, 2.75) is 276 Å². The second kappa shape index (κ2) is 47.0. The number of aliphatic hydroxyl groups excluding tert-OH is 2. The molecule has 0 aromatic rings. The maximum atomic E-state index is 12.4. The minimum Gasteiger partial charge on any atom is -0.394 e. The van der Waals surface area contributed by atoms with Crippen molar-refractivity contribution >= 4 is 5.91 Å². The Labute approximate surface area is 344 Å². The normalized spacial score (nSPS) is 13.2. The van der Waals surface area contributed by atoms with Crippen LogP contribution in [0.15, 0.2) is 36.5 Å². The highest BCUT2D eigenvalue weighted by atomic mass is 16.3. The summed E-state index contributed by atoms with van der Waals surface area (Å²) in [6.45, 7) is 4.29. The Morgan fingerprint density at radius 2 is 0.709 bits per heavy atom. The van der Waals surface area contributed by atoms with E-state index in [1.165, 1.54) is 205 Å². The third-order valence-electron chi connectivity index (χ3n) is 11.4. The highest BCUT2D eigenvalue weighted by Gasteiger charge is 2.17. The number of carbonyl (C=O) groups is 1. The van der Waals surface area contributed by atoms with Crippen molar-refractivity contribution in [2.75, 3.05) is 6.61 Å². The Morgan fingerprint density at radius 3 is 1.05 bits per heavy atom. The van der Waals surface area contributed by atoms with Gasteiger partial charge in [0.2, 0.25) is 5.91 Å². The largest absolute Gasteiger partial charge is 0.394 e. The van der Waals surface area contributed by atoms with E-state index in [0.717, 1.165) is 38.5 Å². The van der Waals surface area contributed by atoms with Crippen molar-refractivity contribution in [3.63, 3.8) is 0 Å². The van der Waals surface area contributed by atoms with Crippen molar-refractivity contribution in [1.29, 1.82) is 0 Å². The first-order valence-electron chi connectivity index (χ1n) is 24.7. The Hall–Kier alpha value is -1.39. The Morgan fingerprint density at radius 1 is 0.418 bits per heavy atom. The molecule has 0 spiro atoms. The summed E-state index contributed by atoms with van der Waals surface area (Å²) in [6, 6.07) is -0.642. The zero-order valence-electron chi connectivity index (χ0n) is 37.2. The molecule has 2 atom stereocenters. The van der Waals surface area contributed by atoms with Gasteiger partial charge in [0.1, 0.15) is 0 Å². The standard InChI is InChI=1S/C51H97NO3/c1-3-5-7-9-11-13-15-17-19-20-21-22-23-24-25-26-27-28-29-30-31-32-33-35-37-39-41-43-45-47-51(55)52-49(48-53)50(54)46-44-42-40-38-36-34-18-16-14-12-10-8-6-4-2/h14,16,36,38,44,46,49-50,53-54H,3-13,15,17-35,37,39-43,45,47-48H2,1-2H3,(H,52,55)/b16-14+,38-36+,46-44+. The fourth-order valence-corrected chi connectivity index (χ4v) is 7.56. The van der Waals surface area contributed by atoms with E-state index in [9.17, 15) is 15.0 Å². The predicted molar refractivity (Wildman–Crippen MR) is 244 cm³/mol. The number of allylic oxidation sites excluding steroid dienone is 5. The number of hydrogen-bond acceptors (Lipinski definition) is 3. The number of aliphatic hydroxyl groups is 2. The summed E-state index contributed by atoms with van der Waals surface area (Å²) in [4.78, 5) is 12.4. The summed E-state index contributed by atoms with van der Waals surface area (Å²) in [5.74, 6) is -0.0746. The van der Waals surface area contributed by atoms with E-state index in [1.54, 1.807) is 6.08 Å². The lowest BCUT2D eigenvalue weighted by atomic mass is 10.0. The van der Waals surface area contributed by atoms with Crippen molar-refractivity contribution in [1.82, 2.24) is 5.32 Å². The van der Waals surface area contributed by atoms with E-state index in [0.29, 0.717) is 6.42 Å². The van der Waals surface area contributed by atoms with E-state index in [4.69, 9.17) is 0 Å². The quantitative estimate of drug-likeness (QED) is 0.0426. The second-order valence-electron chi connectivity index (χ2n) is 16.9. The minimum absolute atomic E-state index is 0.0746. The average molecular weight is 772 g/mol. The molecule has 0 radical (unpaired) electrons. The van der Waals surface area contributed by atoms with Crippen molar-refractivity contribution in [2.24, 2.45) is 0 Å². The Bertz CT molecular complexity index is 836. The smallest absolute Gasteiger partial charge is 0.220 e. The molecule has 0 fully saturated rings. The zero-order valence-corrected chi connectivity index (χ0v) is 37.2. The van der Waals surface area contributed by atoms with Gasteiger partial charge in [-0.05, 0) is 44.9 Å². The van der Waals surface area contributed by atoms with Gasteiger partial charge in [0.25, 0.3) is 0 Å². The molecule has 3 N–H and O–H groups in total. The van der Waals surface area contributed by atoms with Crippen LogP contribution in [-0.4, -0.2) is 34.9 Å². The highest BCUT2D eigenvalue weighted by Crippen LogP contribution is 2.17. The molecule has 0 saturated heterocycles. The minimum atomic E-state index is -0.867. The summed E-state index contributed by atoms with van der Waals surface area (Å²) < 4.78 is 0. The summed E-state index contributed by atoms with van der Waals surface area (Å²) in [5, 5.41) is 23.0. The number of rotatable bonds is 45. The van der Waals surface area contributed by atoms with Crippen LogP contribution >= 0.6 is 0 Å². The molecule has 0 aliphatic heterocycles. The van der Waals surface area contributed by atoms with Gasteiger partial charge in [0.15, 0.2) is 0 Å². The highest BCUT2D eigenvalue weighted by molar-refractivity contribution is 5.76. The number of amides is 1. The molecule has 55 heavy (non-hydrogen) atoms. The van der Waals surface area contributed by atoms with Gasteiger partial charge in [-0.3, -0.25) is 4.79 Å². The number of nitrogens with one attached hydrogen (secondary N) is 1. The lowest BCUT2D eigenvalue weighted by Gasteiger charge is -2.19. The third-order valence-corrected chi connectivity index (χ3v) is 11.4. The van der Waals surface area contributed by atoms with E-state index in [2.05, 4.69) is 43.5 Å². The molecule has 0 saturated carbocycles. The van der Waals surface area contributed by atoms with Crippen LogP contribution < -0.4 is 5.32 Å². The van der Waals surface area contributed by atoms with Crippen LogP contribution in [0.1, 0.15) is 264 Å². The lowest BCUT2D eigenvalue weighted by molar-refractivity contribution is -0.123. The van der Waals surface area contributed by atoms with E-state index >= 15 is 0 Å².